The maximum absolute atomic E-state index is 14.0. The number of ether oxygens (including phenoxy) is 1. The van der Waals surface area contributed by atoms with E-state index in [4.69, 9.17) is 14.1 Å². The number of aromatic nitrogens is 2. The van der Waals surface area contributed by atoms with Crippen molar-refractivity contribution < 1.29 is 31.9 Å². The number of amides is 2. The molecule has 0 spiro atoms. The SMILES string of the molecule is CC(C)(C)OC(=O)CCCCc1cc(NC(=O)N2c3nc(-c4cccc(C(F)(F)F)c4)ccc3N3CC[C@H]2C3)cc(-c2cnco2)c1. The molecule has 47 heavy (non-hydrogen) atoms. The van der Waals surface area contributed by atoms with Crippen molar-refractivity contribution in [3.63, 3.8) is 0 Å². The van der Waals surface area contributed by atoms with Gasteiger partial charge in [0.25, 0.3) is 0 Å². The molecule has 1 N–H and O–H groups in total. The van der Waals surface area contributed by atoms with E-state index in [2.05, 4.69) is 15.2 Å². The molecule has 246 valence electrons. The molecular formula is C35H36F3N5O4. The van der Waals surface area contributed by atoms with Crippen LogP contribution in [0.25, 0.3) is 22.6 Å². The molecule has 6 rings (SSSR count). The molecule has 2 bridgehead atoms. The average Bonchev–Trinajstić information content (AvgIpc) is 3.70. The van der Waals surface area contributed by atoms with Gasteiger partial charge >= 0.3 is 18.2 Å². The third-order valence-electron chi connectivity index (χ3n) is 8.13. The fourth-order valence-corrected chi connectivity index (χ4v) is 6.07. The lowest BCUT2D eigenvalue weighted by molar-refractivity contribution is -0.155. The second-order valence-corrected chi connectivity index (χ2v) is 12.9. The Morgan fingerprint density at radius 3 is 2.62 bits per heavy atom. The van der Waals surface area contributed by atoms with E-state index in [0.29, 0.717) is 54.3 Å². The van der Waals surface area contributed by atoms with E-state index in [1.165, 1.54) is 12.5 Å². The molecule has 4 heterocycles. The number of alkyl halides is 3. The number of benzene rings is 2. The summed E-state index contributed by atoms with van der Waals surface area (Å²) in [6.07, 6.45) is 1.51. The van der Waals surface area contributed by atoms with E-state index in [1.807, 2.05) is 39.0 Å². The van der Waals surface area contributed by atoms with E-state index >= 15 is 0 Å². The minimum Gasteiger partial charge on any atom is -0.460 e. The number of unbranched alkanes of at least 4 members (excludes halogenated alkanes) is 1. The predicted molar refractivity (Wildman–Crippen MR) is 172 cm³/mol. The third-order valence-corrected chi connectivity index (χ3v) is 8.13. The van der Waals surface area contributed by atoms with Crippen LogP contribution in [0.15, 0.2) is 71.6 Å². The van der Waals surface area contributed by atoms with Crippen LogP contribution in [-0.4, -0.2) is 46.7 Å². The summed E-state index contributed by atoms with van der Waals surface area (Å²) < 4.78 is 51.3. The van der Waals surface area contributed by atoms with Gasteiger partial charge in [0.15, 0.2) is 18.0 Å². The van der Waals surface area contributed by atoms with E-state index in [0.717, 1.165) is 48.3 Å². The first-order valence-corrected chi connectivity index (χ1v) is 15.6. The van der Waals surface area contributed by atoms with Gasteiger partial charge < -0.3 is 19.4 Å². The molecule has 1 saturated heterocycles. The molecule has 1 fully saturated rings. The maximum atomic E-state index is 14.0. The second-order valence-electron chi connectivity index (χ2n) is 12.9. The Bertz CT molecular complexity index is 1770. The molecule has 2 aliphatic rings. The van der Waals surface area contributed by atoms with Crippen LogP contribution in [0.1, 0.15) is 57.6 Å². The number of esters is 1. The highest BCUT2D eigenvalue weighted by Crippen LogP contribution is 2.41. The van der Waals surface area contributed by atoms with Crippen LogP contribution >= 0.6 is 0 Å². The number of rotatable bonds is 8. The fourth-order valence-electron chi connectivity index (χ4n) is 6.07. The lowest BCUT2D eigenvalue weighted by Crippen LogP contribution is -2.48. The lowest BCUT2D eigenvalue weighted by atomic mass is 10.0. The number of hydrogen-bond donors (Lipinski definition) is 1. The Kier molecular flexibility index (Phi) is 8.69. The van der Waals surface area contributed by atoms with Crippen molar-refractivity contribution in [2.24, 2.45) is 0 Å². The van der Waals surface area contributed by atoms with E-state index < -0.39 is 23.4 Å². The number of nitrogens with one attached hydrogen (secondary N) is 1. The number of oxazole rings is 1. The number of fused-ring (bicyclic) bond motifs is 4. The van der Waals surface area contributed by atoms with Gasteiger partial charge in [0.05, 0.1) is 29.2 Å². The van der Waals surface area contributed by atoms with Gasteiger partial charge in [-0.3, -0.25) is 9.69 Å². The molecule has 2 aromatic carbocycles. The number of carbonyl (C=O) groups is 2. The molecule has 2 aliphatic heterocycles. The van der Waals surface area contributed by atoms with E-state index in [9.17, 15) is 22.8 Å². The van der Waals surface area contributed by atoms with Gasteiger partial charge in [-0.15, -0.1) is 0 Å². The number of halogens is 3. The first-order valence-electron chi connectivity index (χ1n) is 15.6. The van der Waals surface area contributed by atoms with Crippen LogP contribution < -0.4 is 15.1 Å². The van der Waals surface area contributed by atoms with Crippen molar-refractivity contribution in [2.75, 3.05) is 28.2 Å². The zero-order valence-electron chi connectivity index (χ0n) is 26.4. The number of anilines is 3. The van der Waals surface area contributed by atoms with Crippen LogP contribution in [0.3, 0.4) is 0 Å². The quantitative estimate of drug-likeness (QED) is 0.152. The van der Waals surface area contributed by atoms with Crippen molar-refractivity contribution in [3.8, 4) is 22.6 Å². The number of aryl methyl sites for hydroxylation is 1. The Morgan fingerprint density at radius 1 is 1.04 bits per heavy atom. The van der Waals surface area contributed by atoms with Crippen LogP contribution in [0.5, 0.6) is 0 Å². The average molecular weight is 648 g/mol. The van der Waals surface area contributed by atoms with E-state index in [1.54, 1.807) is 29.3 Å². The summed E-state index contributed by atoms with van der Waals surface area (Å²) in [4.78, 5) is 38.7. The highest BCUT2D eigenvalue weighted by molar-refractivity contribution is 6.05. The van der Waals surface area contributed by atoms with Gasteiger partial charge in [-0.2, -0.15) is 13.2 Å². The Morgan fingerprint density at radius 2 is 1.87 bits per heavy atom. The van der Waals surface area contributed by atoms with Gasteiger partial charge in [0, 0.05) is 36.3 Å². The summed E-state index contributed by atoms with van der Waals surface area (Å²) >= 11 is 0. The molecule has 2 aromatic heterocycles. The number of carbonyl (C=O) groups excluding carboxylic acids is 2. The van der Waals surface area contributed by atoms with Crippen molar-refractivity contribution in [1.29, 1.82) is 0 Å². The lowest BCUT2D eigenvalue weighted by Gasteiger charge is -2.36. The van der Waals surface area contributed by atoms with Crippen molar-refractivity contribution in [1.82, 2.24) is 9.97 Å². The number of pyridine rings is 1. The van der Waals surface area contributed by atoms with Gasteiger partial charge in [-0.25, -0.2) is 14.8 Å². The molecule has 0 unspecified atom stereocenters. The predicted octanol–water partition coefficient (Wildman–Crippen LogP) is 8.11. The van der Waals surface area contributed by atoms with Crippen LogP contribution in [-0.2, 0) is 22.1 Å². The van der Waals surface area contributed by atoms with Crippen molar-refractivity contribution >= 4 is 29.2 Å². The molecule has 2 amide bonds. The highest BCUT2D eigenvalue weighted by Gasteiger charge is 2.40. The second kappa shape index (κ2) is 12.7. The standard InChI is InChI=1S/C35H36F3N5O4/c1-34(2,3)47-31(44)10-5-4-7-22-15-24(30-19-39-21-46-30)18-26(16-22)40-33(45)43-27-13-14-42(20-27)29-12-11-28(41-32(29)43)23-8-6-9-25(17-23)35(36,37)38/h6,8-9,11-12,15-19,21,27H,4-5,7,10,13-14,20H2,1-3H3,(H,40,45)/t27-/m0/s1. The smallest absolute Gasteiger partial charge is 0.416 e. The molecule has 9 nitrogen and oxygen atoms in total. The molecular weight excluding hydrogens is 611 g/mol. The Labute approximate surface area is 270 Å². The summed E-state index contributed by atoms with van der Waals surface area (Å²) in [6.45, 7) is 6.89. The Balaban J connectivity index is 1.24. The number of urea groups is 1. The van der Waals surface area contributed by atoms with Gasteiger partial charge in [0.1, 0.15) is 5.60 Å². The summed E-state index contributed by atoms with van der Waals surface area (Å²) in [5.74, 6) is 0.705. The minimum atomic E-state index is -4.49. The monoisotopic (exact) mass is 647 g/mol. The Hall–Kier alpha value is -4.87. The topological polar surface area (TPSA) is 101 Å². The summed E-state index contributed by atoms with van der Waals surface area (Å²) in [5.41, 5.74) is 2.33. The molecule has 4 aromatic rings. The van der Waals surface area contributed by atoms with Crippen LogP contribution in [0, 0.1) is 0 Å². The molecule has 12 heteroatoms. The van der Waals surface area contributed by atoms with Crippen molar-refractivity contribution in [3.05, 3.63) is 78.3 Å². The largest absolute Gasteiger partial charge is 0.460 e. The minimum absolute atomic E-state index is 0.156. The highest BCUT2D eigenvalue weighted by atomic mass is 19.4. The van der Waals surface area contributed by atoms with Gasteiger partial charge in [0.2, 0.25) is 0 Å². The molecule has 0 saturated carbocycles. The summed E-state index contributed by atoms with van der Waals surface area (Å²) in [5, 5.41) is 3.04. The van der Waals surface area contributed by atoms with Gasteiger partial charge in [-0.05, 0) is 94.5 Å². The van der Waals surface area contributed by atoms with Gasteiger partial charge in [-0.1, -0.05) is 12.1 Å². The zero-order chi connectivity index (χ0) is 33.3. The fraction of sp³-hybridized carbons (Fsp3) is 0.371. The molecule has 0 radical (unpaired) electrons. The first-order chi connectivity index (χ1) is 22.3. The number of nitrogens with zero attached hydrogens (tertiary/aromatic N) is 4. The first kappa shape index (κ1) is 32.1. The van der Waals surface area contributed by atoms with Crippen molar-refractivity contribution in [2.45, 2.75) is 70.7 Å². The van der Waals surface area contributed by atoms with E-state index in [-0.39, 0.29) is 12.0 Å². The molecule has 1 atom stereocenters. The normalized spacial score (nSPS) is 15.8. The third kappa shape index (κ3) is 7.42. The zero-order valence-corrected chi connectivity index (χ0v) is 26.4. The van der Waals surface area contributed by atoms with Crippen LogP contribution in [0.2, 0.25) is 0 Å². The maximum Gasteiger partial charge on any atom is 0.416 e. The summed E-state index contributed by atoms with van der Waals surface area (Å²) in [7, 11) is 0. The van der Waals surface area contributed by atoms with Crippen LogP contribution in [0.4, 0.5) is 35.2 Å². The molecule has 0 aliphatic carbocycles. The number of hydrogen-bond acceptors (Lipinski definition) is 7. The summed E-state index contributed by atoms with van der Waals surface area (Å²) in [6, 6.07) is 13.7.